The van der Waals surface area contributed by atoms with E-state index in [1.165, 1.54) is 0 Å². The Morgan fingerprint density at radius 3 is 2.47 bits per heavy atom. The van der Waals surface area contributed by atoms with Crippen molar-refractivity contribution in [2.45, 2.75) is 39.7 Å². The fourth-order valence-electron chi connectivity index (χ4n) is 4.71. The molecule has 0 saturated heterocycles. The summed E-state index contributed by atoms with van der Waals surface area (Å²) in [6.07, 6.45) is 1.98. The van der Waals surface area contributed by atoms with E-state index >= 15 is 0 Å². The van der Waals surface area contributed by atoms with Crippen LogP contribution in [0.1, 0.15) is 39.2 Å². The third kappa shape index (κ3) is 3.79. The van der Waals surface area contributed by atoms with E-state index < -0.39 is 11.3 Å². The Morgan fingerprint density at radius 1 is 1.19 bits per heavy atom. The van der Waals surface area contributed by atoms with Crippen molar-refractivity contribution in [1.82, 2.24) is 4.90 Å². The molecular weight excluding hydrogens is 402 g/mol. The second-order valence-electron chi connectivity index (χ2n) is 8.33. The molecular formula is C25H29N5O2. The molecule has 0 aromatic heterocycles. The number of hydrogen-bond donors (Lipinski definition) is 1. The molecule has 0 fully saturated rings. The predicted octanol–water partition coefficient (Wildman–Crippen LogP) is 3.62. The first kappa shape index (κ1) is 23.2. The Labute approximate surface area is 189 Å². The largest absolute Gasteiger partial charge is 0.490 e. The SMILES string of the molecule is CCOc1cc([C@@H]2[C@H]3CN(CC)CC=C3C(C#N)=C(N)C2(C#N)C#N)ccc1OC(C)C. The summed E-state index contributed by atoms with van der Waals surface area (Å²) in [5.74, 6) is 0.390. The number of ether oxygens (including phenoxy) is 2. The molecule has 0 unspecified atom stereocenters. The maximum absolute atomic E-state index is 10.2. The molecule has 7 nitrogen and oxygen atoms in total. The van der Waals surface area contributed by atoms with Crippen LogP contribution in [0.15, 0.2) is 41.1 Å². The topological polar surface area (TPSA) is 119 Å². The van der Waals surface area contributed by atoms with Crippen LogP contribution in [0.4, 0.5) is 0 Å². The number of benzene rings is 1. The molecule has 7 heteroatoms. The lowest BCUT2D eigenvalue weighted by atomic mass is 9.58. The van der Waals surface area contributed by atoms with Crippen LogP contribution in [0.25, 0.3) is 0 Å². The lowest BCUT2D eigenvalue weighted by Crippen LogP contribution is -2.48. The van der Waals surface area contributed by atoms with E-state index in [1.807, 2.05) is 45.0 Å². The zero-order valence-corrected chi connectivity index (χ0v) is 19.1. The molecule has 2 N–H and O–H groups in total. The van der Waals surface area contributed by atoms with Gasteiger partial charge in [0.25, 0.3) is 0 Å². The highest BCUT2D eigenvalue weighted by Crippen LogP contribution is 2.54. The Bertz CT molecular complexity index is 1050. The second kappa shape index (κ2) is 9.35. The second-order valence-corrected chi connectivity index (χ2v) is 8.33. The Balaban J connectivity index is 2.26. The van der Waals surface area contributed by atoms with Crippen molar-refractivity contribution < 1.29 is 9.47 Å². The van der Waals surface area contributed by atoms with Crippen LogP contribution < -0.4 is 15.2 Å². The summed E-state index contributed by atoms with van der Waals surface area (Å²) in [5, 5.41) is 30.3. The van der Waals surface area contributed by atoms with Gasteiger partial charge >= 0.3 is 0 Å². The van der Waals surface area contributed by atoms with Crippen LogP contribution in [0, 0.1) is 45.3 Å². The first-order chi connectivity index (χ1) is 15.4. The monoisotopic (exact) mass is 431 g/mol. The predicted molar refractivity (Wildman–Crippen MR) is 120 cm³/mol. The van der Waals surface area contributed by atoms with Gasteiger partial charge in [-0.05, 0) is 50.6 Å². The van der Waals surface area contributed by atoms with Gasteiger partial charge in [0.05, 0.1) is 36.1 Å². The lowest BCUT2D eigenvalue weighted by molar-refractivity contribution is 0.212. The van der Waals surface area contributed by atoms with Gasteiger partial charge in [-0.2, -0.15) is 15.8 Å². The van der Waals surface area contributed by atoms with E-state index in [4.69, 9.17) is 15.2 Å². The van der Waals surface area contributed by atoms with Gasteiger partial charge in [0, 0.05) is 24.9 Å². The fourth-order valence-corrected chi connectivity index (χ4v) is 4.71. The third-order valence-corrected chi connectivity index (χ3v) is 6.18. The zero-order valence-electron chi connectivity index (χ0n) is 19.1. The average Bonchev–Trinajstić information content (AvgIpc) is 2.79. The quantitative estimate of drug-likeness (QED) is 0.730. The molecule has 1 aliphatic heterocycles. The fraction of sp³-hybridized carbons (Fsp3) is 0.480. The van der Waals surface area contributed by atoms with Crippen LogP contribution in [-0.2, 0) is 0 Å². The number of fused-ring (bicyclic) bond motifs is 1. The smallest absolute Gasteiger partial charge is 0.191 e. The molecule has 166 valence electrons. The normalized spacial score (nSPS) is 22.2. The molecule has 0 radical (unpaired) electrons. The number of likely N-dealkylation sites (N-methyl/N-ethyl adjacent to an activating group) is 1. The third-order valence-electron chi connectivity index (χ3n) is 6.18. The summed E-state index contributed by atoms with van der Waals surface area (Å²) in [4.78, 5) is 2.23. The van der Waals surface area contributed by atoms with Crippen molar-refractivity contribution in [3.05, 3.63) is 46.7 Å². The highest BCUT2D eigenvalue weighted by molar-refractivity contribution is 5.60. The molecule has 3 rings (SSSR count). The number of nitriles is 3. The molecule has 2 aliphatic rings. The Morgan fingerprint density at radius 2 is 1.91 bits per heavy atom. The minimum absolute atomic E-state index is 0.0305. The number of allylic oxidation sites excluding steroid dienone is 2. The molecule has 0 spiro atoms. The molecule has 0 saturated carbocycles. The van der Waals surface area contributed by atoms with Gasteiger partial charge in [-0.1, -0.05) is 19.1 Å². The summed E-state index contributed by atoms with van der Waals surface area (Å²) in [7, 11) is 0. The van der Waals surface area contributed by atoms with Crippen molar-refractivity contribution in [3.63, 3.8) is 0 Å². The van der Waals surface area contributed by atoms with Crippen LogP contribution in [0.3, 0.4) is 0 Å². The maximum atomic E-state index is 10.2. The number of nitrogens with zero attached hydrogens (tertiary/aromatic N) is 4. The summed E-state index contributed by atoms with van der Waals surface area (Å²) < 4.78 is 11.7. The summed E-state index contributed by atoms with van der Waals surface area (Å²) in [6, 6.07) is 12.1. The maximum Gasteiger partial charge on any atom is 0.191 e. The van der Waals surface area contributed by atoms with E-state index in [1.54, 1.807) is 0 Å². The van der Waals surface area contributed by atoms with Crippen LogP contribution in [0.2, 0.25) is 0 Å². The van der Waals surface area contributed by atoms with E-state index in [-0.39, 0.29) is 23.3 Å². The molecule has 1 aromatic rings. The van der Waals surface area contributed by atoms with Crippen molar-refractivity contribution in [2.75, 3.05) is 26.2 Å². The van der Waals surface area contributed by atoms with E-state index in [0.29, 0.717) is 31.2 Å². The molecule has 1 aliphatic carbocycles. The standard InChI is InChI=1S/C25H29N5O2/c1-5-30-10-9-18-19(12-26)24(29)25(14-27,15-28)23(20(18)13-30)17-7-8-21(32-16(3)4)22(11-17)31-6-2/h7-9,11,16,20,23H,5-6,10,13,29H2,1-4H3/t20-,23+/m0/s1. The average molecular weight is 432 g/mol. The van der Waals surface area contributed by atoms with Crippen molar-refractivity contribution in [3.8, 4) is 29.7 Å². The van der Waals surface area contributed by atoms with Crippen molar-refractivity contribution in [2.24, 2.45) is 17.1 Å². The van der Waals surface area contributed by atoms with Crippen molar-refractivity contribution >= 4 is 0 Å². The summed E-state index contributed by atoms with van der Waals surface area (Å²) >= 11 is 0. The summed E-state index contributed by atoms with van der Waals surface area (Å²) in [5.41, 5.74) is 6.60. The zero-order chi connectivity index (χ0) is 23.5. The first-order valence-electron chi connectivity index (χ1n) is 11.0. The van der Waals surface area contributed by atoms with Crippen LogP contribution in [0.5, 0.6) is 11.5 Å². The van der Waals surface area contributed by atoms with E-state index in [2.05, 4.69) is 30.0 Å². The van der Waals surface area contributed by atoms with E-state index in [0.717, 1.165) is 17.7 Å². The molecule has 1 heterocycles. The first-order valence-corrected chi connectivity index (χ1v) is 11.0. The van der Waals surface area contributed by atoms with Gasteiger partial charge in [-0.25, -0.2) is 0 Å². The summed E-state index contributed by atoms with van der Waals surface area (Å²) in [6.45, 7) is 10.4. The number of nitrogens with two attached hydrogens (primary N) is 1. The molecule has 1 aromatic carbocycles. The highest BCUT2D eigenvalue weighted by atomic mass is 16.5. The number of rotatable bonds is 6. The lowest BCUT2D eigenvalue weighted by Gasteiger charge is -2.45. The highest BCUT2D eigenvalue weighted by Gasteiger charge is 2.54. The van der Waals surface area contributed by atoms with Gasteiger partial charge in [0.2, 0.25) is 0 Å². The molecule has 0 amide bonds. The van der Waals surface area contributed by atoms with Gasteiger partial charge in [-0.15, -0.1) is 0 Å². The molecule has 2 atom stereocenters. The molecule has 0 bridgehead atoms. The minimum atomic E-state index is -1.66. The Hall–Kier alpha value is -3.47. The van der Waals surface area contributed by atoms with E-state index in [9.17, 15) is 15.8 Å². The number of hydrogen-bond acceptors (Lipinski definition) is 7. The van der Waals surface area contributed by atoms with Gasteiger partial charge in [0.1, 0.15) is 6.07 Å². The van der Waals surface area contributed by atoms with Crippen LogP contribution >= 0.6 is 0 Å². The minimum Gasteiger partial charge on any atom is -0.490 e. The van der Waals surface area contributed by atoms with Gasteiger partial charge < -0.3 is 15.2 Å². The van der Waals surface area contributed by atoms with Crippen molar-refractivity contribution in [1.29, 1.82) is 15.8 Å². The van der Waals surface area contributed by atoms with Gasteiger partial charge in [-0.3, -0.25) is 4.90 Å². The van der Waals surface area contributed by atoms with Crippen LogP contribution in [-0.4, -0.2) is 37.2 Å². The van der Waals surface area contributed by atoms with Gasteiger partial charge in [0.15, 0.2) is 16.9 Å². The Kier molecular flexibility index (Phi) is 6.78. The molecule has 32 heavy (non-hydrogen) atoms.